The number of nitrogens with one attached hydrogen (secondary N) is 2. The average molecular weight is 392 g/mol. The summed E-state index contributed by atoms with van der Waals surface area (Å²) in [5.41, 5.74) is 7.70. The third kappa shape index (κ3) is 4.60. The van der Waals surface area contributed by atoms with Gasteiger partial charge in [0.2, 0.25) is 5.95 Å². The third-order valence-electron chi connectivity index (χ3n) is 4.99. The highest BCUT2D eigenvalue weighted by Gasteiger charge is 2.25. The zero-order valence-corrected chi connectivity index (χ0v) is 16.4. The van der Waals surface area contributed by atoms with Gasteiger partial charge in [0.05, 0.1) is 19.4 Å². The fourth-order valence-corrected chi connectivity index (χ4v) is 3.54. The van der Waals surface area contributed by atoms with E-state index in [-0.39, 0.29) is 11.5 Å². The van der Waals surface area contributed by atoms with Gasteiger partial charge in [-0.1, -0.05) is 30.3 Å². The molecule has 0 unspecified atom stereocenters. The number of aromatic nitrogens is 3. The summed E-state index contributed by atoms with van der Waals surface area (Å²) in [6, 6.07) is 10.4. The molecule has 2 N–H and O–H groups in total. The number of ether oxygens (including phenoxy) is 1. The second-order valence-electron chi connectivity index (χ2n) is 7.01. The molecule has 2 aliphatic rings. The van der Waals surface area contributed by atoms with E-state index < -0.39 is 0 Å². The van der Waals surface area contributed by atoms with Crippen LogP contribution in [0.3, 0.4) is 0 Å². The molecule has 0 bridgehead atoms. The van der Waals surface area contributed by atoms with Gasteiger partial charge in [0.15, 0.2) is 0 Å². The highest BCUT2D eigenvalue weighted by molar-refractivity contribution is 5.84. The number of hydrogen-bond donors (Lipinski definition) is 2. The van der Waals surface area contributed by atoms with Crippen LogP contribution >= 0.6 is 0 Å². The molecule has 0 spiro atoms. The van der Waals surface area contributed by atoms with Crippen LogP contribution in [0.25, 0.3) is 6.08 Å². The largest absolute Gasteiger partial charge is 0.378 e. The van der Waals surface area contributed by atoms with Gasteiger partial charge >= 0.3 is 0 Å². The summed E-state index contributed by atoms with van der Waals surface area (Å²) in [5, 5.41) is 12.0. The molecule has 2 heterocycles. The molecule has 1 aromatic heterocycles. The predicted molar refractivity (Wildman–Crippen MR) is 113 cm³/mol. The summed E-state index contributed by atoms with van der Waals surface area (Å²) >= 11 is 0. The maximum Gasteiger partial charge on any atom is 0.274 e. The number of benzene rings is 1. The van der Waals surface area contributed by atoms with Crippen LogP contribution in [-0.2, 0) is 4.74 Å². The van der Waals surface area contributed by atoms with Gasteiger partial charge in [-0.15, -0.1) is 10.2 Å². The molecule has 0 saturated carbocycles. The normalized spacial score (nSPS) is 18.8. The summed E-state index contributed by atoms with van der Waals surface area (Å²) in [5.74, 6) is 0.225. The van der Waals surface area contributed by atoms with Crippen molar-refractivity contribution < 1.29 is 4.74 Å². The van der Waals surface area contributed by atoms with Crippen LogP contribution in [0.15, 0.2) is 57.1 Å². The van der Waals surface area contributed by atoms with Crippen LogP contribution in [0.1, 0.15) is 24.1 Å². The lowest BCUT2D eigenvalue weighted by Gasteiger charge is -2.31. The van der Waals surface area contributed by atoms with Crippen LogP contribution in [0, 0.1) is 6.92 Å². The molecule has 150 valence electrons. The Morgan fingerprint density at radius 3 is 2.72 bits per heavy atom. The lowest BCUT2D eigenvalue weighted by atomic mass is 10.1. The Morgan fingerprint density at radius 2 is 1.97 bits per heavy atom. The Balaban J connectivity index is 1.60. The quantitative estimate of drug-likeness (QED) is 0.599. The van der Waals surface area contributed by atoms with Crippen molar-refractivity contribution in [3.05, 3.63) is 68.8 Å². The van der Waals surface area contributed by atoms with E-state index >= 15 is 0 Å². The lowest BCUT2D eigenvalue weighted by molar-refractivity contribution is 0.0548. The van der Waals surface area contributed by atoms with Gasteiger partial charge in [0.25, 0.3) is 5.56 Å². The molecule has 29 heavy (non-hydrogen) atoms. The van der Waals surface area contributed by atoms with Gasteiger partial charge in [0, 0.05) is 18.8 Å². The predicted octanol–water partition coefficient (Wildman–Crippen LogP) is 2.33. The number of hydrogen-bond acceptors (Lipinski definition) is 7. The highest BCUT2D eigenvalue weighted by Crippen LogP contribution is 2.34. The summed E-state index contributed by atoms with van der Waals surface area (Å²) < 4.78 is 5.53. The monoisotopic (exact) mass is 392 g/mol. The maximum absolute atomic E-state index is 11.6. The molecule has 0 atom stereocenters. The fourth-order valence-electron chi connectivity index (χ4n) is 3.54. The summed E-state index contributed by atoms with van der Waals surface area (Å²) in [6.07, 6.45) is 5.94. The minimum atomic E-state index is -0.278. The van der Waals surface area contributed by atoms with Crippen molar-refractivity contribution in [1.82, 2.24) is 20.1 Å². The number of hydrazone groups is 1. The van der Waals surface area contributed by atoms with Crippen LogP contribution in [0.5, 0.6) is 0 Å². The zero-order chi connectivity index (χ0) is 20.1. The fraction of sp³-hybridized carbons (Fsp3) is 0.333. The molecule has 1 saturated heterocycles. The van der Waals surface area contributed by atoms with Crippen molar-refractivity contribution in [1.29, 1.82) is 0 Å². The van der Waals surface area contributed by atoms with E-state index in [0.717, 1.165) is 44.7 Å². The SMILES string of the molecule is Cc1nnc(N/N=C\C2=C(N3CCOCC3)C(=Cc3ccccc3)CC2)[nH]c1=O. The molecule has 1 aliphatic carbocycles. The number of aryl methyl sites for hydroxylation is 1. The van der Waals surface area contributed by atoms with Gasteiger partial charge < -0.3 is 9.64 Å². The summed E-state index contributed by atoms with van der Waals surface area (Å²) in [7, 11) is 0. The summed E-state index contributed by atoms with van der Waals surface area (Å²) in [4.78, 5) is 16.6. The van der Waals surface area contributed by atoms with Gasteiger partial charge in [-0.3, -0.25) is 9.78 Å². The molecule has 1 aliphatic heterocycles. The molecule has 1 aromatic carbocycles. The van der Waals surface area contributed by atoms with E-state index in [2.05, 4.69) is 60.9 Å². The maximum atomic E-state index is 11.6. The number of aromatic amines is 1. The Morgan fingerprint density at radius 1 is 1.17 bits per heavy atom. The molecule has 8 heteroatoms. The van der Waals surface area contributed by atoms with Crippen molar-refractivity contribution in [2.24, 2.45) is 5.10 Å². The molecule has 0 radical (unpaired) electrons. The number of nitrogens with zero attached hydrogens (tertiary/aromatic N) is 4. The van der Waals surface area contributed by atoms with Crippen LogP contribution in [-0.4, -0.2) is 52.6 Å². The third-order valence-corrected chi connectivity index (χ3v) is 4.99. The van der Waals surface area contributed by atoms with E-state index in [0.29, 0.717) is 5.69 Å². The Kier molecular flexibility index (Phi) is 5.81. The second-order valence-corrected chi connectivity index (χ2v) is 7.01. The number of H-pyrrole nitrogens is 1. The Hall–Kier alpha value is -3.26. The number of rotatable bonds is 5. The standard InChI is InChI=1S/C21H24N6O2/c1-15-20(28)23-21(26-24-15)25-22-14-18-8-7-17(13-16-5-3-2-4-6-16)19(18)27-9-11-29-12-10-27/h2-6,13-14H,7-12H2,1H3,(H2,23,25,26,28)/b17-13?,22-14-. The number of allylic oxidation sites excluding steroid dienone is 2. The van der Waals surface area contributed by atoms with Crippen molar-refractivity contribution in [2.45, 2.75) is 19.8 Å². The first kappa shape index (κ1) is 19.1. The Bertz CT molecular complexity index is 1000. The minimum absolute atomic E-state index is 0.225. The van der Waals surface area contributed by atoms with Gasteiger partial charge in [0.1, 0.15) is 5.69 Å². The first-order valence-electron chi connectivity index (χ1n) is 9.75. The highest BCUT2D eigenvalue weighted by atomic mass is 16.5. The minimum Gasteiger partial charge on any atom is -0.378 e. The zero-order valence-electron chi connectivity index (χ0n) is 16.4. The van der Waals surface area contributed by atoms with Crippen molar-refractivity contribution in [3.63, 3.8) is 0 Å². The molecule has 8 nitrogen and oxygen atoms in total. The molecule has 2 aromatic rings. The molecule has 1 fully saturated rings. The van der Waals surface area contributed by atoms with E-state index in [1.807, 2.05) is 12.3 Å². The Labute approximate surface area is 169 Å². The first-order valence-corrected chi connectivity index (χ1v) is 9.75. The van der Waals surface area contributed by atoms with Gasteiger partial charge in [-0.05, 0) is 42.6 Å². The van der Waals surface area contributed by atoms with Crippen LogP contribution in [0.2, 0.25) is 0 Å². The van der Waals surface area contributed by atoms with E-state index in [4.69, 9.17) is 4.74 Å². The molecule has 4 rings (SSSR count). The summed E-state index contributed by atoms with van der Waals surface area (Å²) in [6.45, 7) is 4.79. The topological polar surface area (TPSA) is 95.5 Å². The molecular formula is C21H24N6O2. The smallest absolute Gasteiger partial charge is 0.274 e. The van der Waals surface area contributed by atoms with Gasteiger partial charge in [-0.25, -0.2) is 5.43 Å². The van der Waals surface area contributed by atoms with Crippen molar-refractivity contribution >= 4 is 18.2 Å². The number of morpholine rings is 1. The average Bonchev–Trinajstić information content (AvgIpc) is 3.14. The van der Waals surface area contributed by atoms with E-state index in [9.17, 15) is 4.79 Å². The molecule has 0 amide bonds. The van der Waals surface area contributed by atoms with Crippen LogP contribution in [0.4, 0.5) is 5.95 Å². The van der Waals surface area contributed by atoms with Crippen LogP contribution < -0.4 is 11.0 Å². The van der Waals surface area contributed by atoms with E-state index in [1.54, 1.807) is 6.92 Å². The van der Waals surface area contributed by atoms with Gasteiger partial charge in [-0.2, -0.15) is 5.10 Å². The van der Waals surface area contributed by atoms with Crippen molar-refractivity contribution in [2.75, 3.05) is 31.7 Å². The van der Waals surface area contributed by atoms with Crippen molar-refractivity contribution in [3.8, 4) is 0 Å². The first-order chi connectivity index (χ1) is 14.2. The number of anilines is 1. The lowest BCUT2D eigenvalue weighted by Crippen LogP contribution is -2.36. The second kappa shape index (κ2) is 8.83. The van der Waals surface area contributed by atoms with E-state index in [1.165, 1.54) is 16.8 Å². The molecular weight excluding hydrogens is 368 g/mol.